The molecule has 2 saturated heterocycles. The molecule has 138 valence electrons. The minimum Gasteiger partial charge on any atom is -0.372 e. The molecule has 0 spiro atoms. The Morgan fingerprint density at radius 2 is 1.65 bits per heavy atom. The fourth-order valence-electron chi connectivity index (χ4n) is 3.08. The zero-order valence-electron chi connectivity index (χ0n) is 14.4. The number of piperidine rings is 1. The molecule has 2 aliphatic rings. The molecular formula is C18H21N3O3S2. The Hall–Kier alpha value is -1.93. The molecule has 6 nitrogen and oxygen atoms in total. The summed E-state index contributed by atoms with van der Waals surface area (Å²) in [6.07, 6.45) is 4.11. The fraction of sp³-hybridized carbons (Fsp3) is 0.444. The van der Waals surface area contributed by atoms with Crippen LogP contribution in [-0.4, -0.2) is 45.8 Å². The lowest BCUT2D eigenvalue weighted by molar-refractivity contribution is -0.133. The van der Waals surface area contributed by atoms with Crippen molar-refractivity contribution in [3.63, 3.8) is 0 Å². The summed E-state index contributed by atoms with van der Waals surface area (Å²) in [6, 6.07) is 7.80. The van der Waals surface area contributed by atoms with E-state index in [1.807, 2.05) is 24.3 Å². The predicted molar refractivity (Wildman–Crippen MR) is 107 cm³/mol. The van der Waals surface area contributed by atoms with Crippen LogP contribution in [0.4, 0.5) is 11.4 Å². The van der Waals surface area contributed by atoms with Crippen LogP contribution in [-0.2, 0) is 14.4 Å². The number of hydrogen-bond acceptors (Lipinski definition) is 6. The van der Waals surface area contributed by atoms with Gasteiger partial charge < -0.3 is 10.2 Å². The second kappa shape index (κ2) is 8.64. The number of nitrogens with one attached hydrogen (secondary N) is 1. The number of amides is 3. The van der Waals surface area contributed by atoms with E-state index in [1.165, 1.54) is 24.9 Å². The first-order valence-corrected chi connectivity index (χ1v) is 10.1. The van der Waals surface area contributed by atoms with Gasteiger partial charge in [0.2, 0.25) is 17.7 Å². The van der Waals surface area contributed by atoms with Crippen molar-refractivity contribution in [1.29, 1.82) is 0 Å². The second-order valence-electron chi connectivity index (χ2n) is 6.32. The van der Waals surface area contributed by atoms with Crippen LogP contribution >= 0.6 is 24.0 Å². The summed E-state index contributed by atoms with van der Waals surface area (Å²) in [5, 5.41) is 2.81. The van der Waals surface area contributed by atoms with E-state index in [9.17, 15) is 14.4 Å². The van der Waals surface area contributed by atoms with Crippen molar-refractivity contribution < 1.29 is 14.4 Å². The molecule has 2 heterocycles. The van der Waals surface area contributed by atoms with Gasteiger partial charge in [-0.25, -0.2) is 4.90 Å². The molecule has 0 saturated carbocycles. The van der Waals surface area contributed by atoms with Crippen LogP contribution in [0.25, 0.3) is 0 Å². The van der Waals surface area contributed by atoms with E-state index in [2.05, 4.69) is 10.2 Å². The molecule has 0 aromatic heterocycles. The standard InChI is InChI=1S/C18H21N3O3S2/c22-15(12-26-18(25)21-16(23)8-9-17(21)24)19-13-4-6-14(7-5-13)20-10-2-1-3-11-20/h4-7H,1-3,8-12H2,(H,19,22). The number of imide groups is 1. The lowest BCUT2D eigenvalue weighted by Gasteiger charge is -2.28. The maximum absolute atomic E-state index is 12.1. The largest absolute Gasteiger partial charge is 0.372 e. The SMILES string of the molecule is O=C(CSC(=S)N1C(=O)CCC1=O)Nc1ccc(N2CCCCC2)cc1. The Morgan fingerprint density at radius 1 is 1.04 bits per heavy atom. The van der Waals surface area contributed by atoms with Gasteiger partial charge in [-0.05, 0) is 43.5 Å². The Labute approximate surface area is 162 Å². The number of hydrogen-bond donors (Lipinski definition) is 1. The van der Waals surface area contributed by atoms with Crippen molar-refractivity contribution in [2.24, 2.45) is 0 Å². The molecule has 0 atom stereocenters. The Balaban J connectivity index is 1.48. The molecule has 0 aliphatic carbocycles. The van der Waals surface area contributed by atoms with Crippen LogP contribution < -0.4 is 10.2 Å². The van der Waals surface area contributed by atoms with Crippen molar-refractivity contribution in [2.45, 2.75) is 32.1 Å². The number of anilines is 2. The third kappa shape index (κ3) is 4.62. The number of likely N-dealkylation sites (tertiary alicyclic amines) is 1. The molecule has 0 radical (unpaired) electrons. The summed E-state index contributed by atoms with van der Waals surface area (Å²) in [4.78, 5) is 38.7. The number of carbonyl (C=O) groups excluding carboxylic acids is 3. The number of carbonyl (C=O) groups is 3. The smallest absolute Gasteiger partial charge is 0.235 e. The van der Waals surface area contributed by atoms with Gasteiger partial charge in [-0.3, -0.25) is 14.4 Å². The van der Waals surface area contributed by atoms with Gasteiger partial charge in [0.15, 0.2) is 0 Å². The minimum atomic E-state index is -0.291. The third-order valence-electron chi connectivity index (χ3n) is 4.43. The van der Waals surface area contributed by atoms with E-state index < -0.39 is 0 Å². The Kier molecular flexibility index (Phi) is 6.26. The average molecular weight is 392 g/mol. The predicted octanol–water partition coefficient (Wildman–Crippen LogP) is 2.78. The molecular weight excluding hydrogens is 370 g/mol. The quantitative estimate of drug-likeness (QED) is 0.629. The van der Waals surface area contributed by atoms with E-state index in [4.69, 9.17) is 12.2 Å². The first kappa shape index (κ1) is 18.8. The number of benzene rings is 1. The van der Waals surface area contributed by atoms with Gasteiger partial charge in [0.05, 0.1) is 5.75 Å². The number of rotatable bonds is 4. The molecule has 0 unspecified atom stereocenters. The van der Waals surface area contributed by atoms with Gasteiger partial charge in [-0.2, -0.15) is 0 Å². The van der Waals surface area contributed by atoms with E-state index in [0.29, 0.717) is 0 Å². The van der Waals surface area contributed by atoms with E-state index in [1.54, 1.807) is 0 Å². The third-order valence-corrected chi connectivity index (χ3v) is 5.81. The number of nitrogens with zero attached hydrogens (tertiary/aromatic N) is 2. The molecule has 2 aliphatic heterocycles. The summed E-state index contributed by atoms with van der Waals surface area (Å²) in [5.74, 6) is -0.742. The first-order chi connectivity index (χ1) is 12.5. The summed E-state index contributed by atoms with van der Waals surface area (Å²) in [6.45, 7) is 2.15. The molecule has 8 heteroatoms. The molecule has 2 fully saturated rings. The van der Waals surface area contributed by atoms with E-state index >= 15 is 0 Å². The van der Waals surface area contributed by atoms with Crippen LogP contribution in [0.5, 0.6) is 0 Å². The van der Waals surface area contributed by atoms with Gasteiger partial charge >= 0.3 is 0 Å². The van der Waals surface area contributed by atoms with E-state index in [0.717, 1.165) is 35.4 Å². The molecule has 1 aromatic rings. The molecule has 1 aromatic carbocycles. The molecule has 3 rings (SSSR count). The van der Waals surface area contributed by atoms with Crippen molar-refractivity contribution >= 4 is 57.4 Å². The second-order valence-corrected chi connectivity index (χ2v) is 7.93. The van der Waals surface area contributed by atoms with Crippen LogP contribution in [0, 0.1) is 0 Å². The van der Waals surface area contributed by atoms with Crippen LogP contribution in [0.2, 0.25) is 0 Å². The number of thioether (sulfide) groups is 1. The van der Waals surface area contributed by atoms with Crippen LogP contribution in [0.3, 0.4) is 0 Å². The Morgan fingerprint density at radius 3 is 2.27 bits per heavy atom. The maximum Gasteiger partial charge on any atom is 0.235 e. The fourth-order valence-corrected chi connectivity index (χ4v) is 4.12. The first-order valence-electron chi connectivity index (χ1n) is 8.72. The van der Waals surface area contributed by atoms with Gasteiger partial charge in [0.1, 0.15) is 4.32 Å². The van der Waals surface area contributed by atoms with E-state index in [-0.39, 0.29) is 40.6 Å². The molecule has 3 amide bonds. The van der Waals surface area contributed by atoms with Gasteiger partial charge in [0, 0.05) is 37.3 Å². The summed E-state index contributed by atoms with van der Waals surface area (Å²) in [5.41, 5.74) is 1.89. The highest BCUT2D eigenvalue weighted by atomic mass is 32.2. The summed E-state index contributed by atoms with van der Waals surface area (Å²) >= 11 is 6.13. The summed E-state index contributed by atoms with van der Waals surface area (Å²) in [7, 11) is 0. The van der Waals surface area contributed by atoms with Crippen molar-refractivity contribution in [2.75, 3.05) is 29.1 Å². The van der Waals surface area contributed by atoms with Crippen molar-refractivity contribution in [1.82, 2.24) is 4.90 Å². The molecule has 0 bridgehead atoms. The highest BCUT2D eigenvalue weighted by Gasteiger charge is 2.32. The minimum absolute atomic E-state index is 0.0593. The highest BCUT2D eigenvalue weighted by molar-refractivity contribution is 8.23. The molecule has 26 heavy (non-hydrogen) atoms. The van der Waals surface area contributed by atoms with Crippen molar-refractivity contribution in [3.8, 4) is 0 Å². The Bertz CT molecular complexity index is 699. The van der Waals surface area contributed by atoms with Crippen molar-refractivity contribution in [3.05, 3.63) is 24.3 Å². The van der Waals surface area contributed by atoms with Gasteiger partial charge in [-0.1, -0.05) is 24.0 Å². The average Bonchev–Trinajstić information content (AvgIpc) is 2.99. The lowest BCUT2D eigenvalue weighted by Crippen LogP contribution is -2.33. The zero-order valence-corrected chi connectivity index (χ0v) is 16.0. The zero-order chi connectivity index (χ0) is 18.5. The summed E-state index contributed by atoms with van der Waals surface area (Å²) < 4.78 is 0.146. The topological polar surface area (TPSA) is 69.7 Å². The van der Waals surface area contributed by atoms with Gasteiger partial charge in [0.25, 0.3) is 0 Å². The van der Waals surface area contributed by atoms with Crippen LogP contribution in [0.1, 0.15) is 32.1 Å². The number of thiocarbonyl (C=S) groups is 1. The normalized spacial score (nSPS) is 17.5. The van der Waals surface area contributed by atoms with Gasteiger partial charge in [-0.15, -0.1) is 0 Å². The molecule has 1 N–H and O–H groups in total. The monoisotopic (exact) mass is 391 g/mol. The maximum atomic E-state index is 12.1. The van der Waals surface area contributed by atoms with Crippen LogP contribution in [0.15, 0.2) is 24.3 Å². The lowest BCUT2D eigenvalue weighted by atomic mass is 10.1. The highest BCUT2D eigenvalue weighted by Crippen LogP contribution is 2.22.